The number of amides is 1. The molecule has 1 amide bonds. The maximum Gasteiger partial charge on any atom is 0.246 e. The molecule has 1 saturated heterocycles. The highest BCUT2D eigenvalue weighted by Crippen LogP contribution is 2.18. The first kappa shape index (κ1) is 12.5. The fourth-order valence-electron chi connectivity index (χ4n) is 2.35. The van der Waals surface area contributed by atoms with Gasteiger partial charge in [-0.1, -0.05) is 6.07 Å². The second kappa shape index (κ2) is 5.25. The van der Waals surface area contributed by atoms with Gasteiger partial charge in [-0.2, -0.15) is 0 Å². The van der Waals surface area contributed by atoms with Crippen molar-refractivity contribution in [3.05, 3.63) is 42.1 Å². The zero-order valence-electron chi connectivity index (χ0n) is 10.7. The number of benzene rings is 1. The fourth-order valence-corrected chi connectivity index (χ4v) is 2.35. The molecule has 1 aromatic carbocycles. The molecule has 3 rings (SSSR count). The van der Waals surface area contributed by atoms with Crippen molar-refractivity contribution in [1.82, 2.24) is 10.3 Å². The van der Waals surface area contributed by atoms with Crippen molar-refractivity contribution >= 4 is 28.4 Å². The minimum atomic E-state index is -0.572. The summed E-state index contributed by atoms with van der Waals surface area (Å²) in [6.07, 6.45) is 2.30. The summed E-state index contributed by atoms with van der Waals surface area (Å²) in [4.78, 5) is 27.1. The molecule has 5 nitrogen and oxygen atoms in total. The summed E-state index contributed by atoms with van der Waals surface area (Å²) in [5, 5.41) is 6.76. The molecule has 2 aromatic rings. The molecule has 2 heterocycles. The highest BCUT2D eigenvalue weighted by molar-refractivity contribution is 6.00. The number of carbonyl (C=O) groups excluding carboxylic acids is 2. The van der Waals surface area contributed by atoms with Gasteiger partial charge in [-0.25, -0.2) is 4.79 Å². The van der Waals surface area contributed by atoms with Crippen molar-refractivity contribution in [1.29, 1.82) is 0 Å². The van der Waals surface area contributed by atoms with E-state index in [9.17, 15) is 9.59 Å². The Hall–Kier alpha value is -2.49. The van der Waals surface area contributed by atoms with E-state index in [1.807, 2.05) is 30.2 Å². The number of nitrogens with one attached hydrogen (secondary N) is 2. The molecule has 20 heavy (non-hydrogen) atoms. The molecule has 1 aliphatic heterocycles. The molecule has 1 aromatic heterocycles. The van der Waals surface area contributed by atoms with Crippen molar-refractivity contribution in [3.8, 4) is 0 Å². The topological polar surface area (TPSA) is 71.1 Å². The minimum Gasteiger partial charge on any atom is -0.324 e. The van der Waals surface area contributed by atoms with Gasteiger partial charge in [0.05, 0.1) is 5.52 Å². The van der Waals surface area contributed by atoms with Gasteiger partial charge < -0.3 is 10.6 Å². The summed E-state index contributed by atoms with van der Waals surface area (Å²) in [6.45, 7) is 0.629. The Labute approximate surface area is 115 Å². The molecule has 0 aliphatic carbocycles. The van der Waals surface area contributed by atoms with E-state index in [1.54, 1.807) is 12.3 Å². The lowest BCUT2D eigenvalue weighted by Gasteiger charge is -2.11. The standard InChI is InChI=1S/C15H13N3O2/c19-9-11-5-7-17-14(11)15(20)18-12-3-4-13-10(8-12)2-1-6-16-13/h1-4,6,8,14,17H,5,7H2,(H,18,20). The van der Waals surface area contributed by atoms with E-state index < -0.39 is 6.04 Å². The maximum atomic E-state index is 12.1. The second-order valence-electron chi connectivity index (χ2n) is 4.66. The zero-order valence-corrected chi connectivity index (χ0v) is 10.7. The Morgan fingerprint density at radius 2 is 2.30 bits per heavy atom. The quantitative estimate of drug-likeness (QED) is 0.804. The zero-order chi connectivity index (χ0) is 13.9. The van der Waals surface area contributed by atoms with Gasteiger partial charge in [0.2, 0.25) is 5.91 Å². The number of carbonyl (C=O) groups is 1. The monoisotopic (exact) mass is 267 g/mol. The number of hydrogen-bond donors (Lipinski definition) is 2. The molecule has 100 valence electrons. The number of anilines is 1. The molecule has 0 saturated carbocycles. The average molecular weight is 267 g/mol. The van der Waals surface area contributed by atoms with Crippen LogP contribution in [0.5, 0.6) is 0 Å². The van der Waals surface area contributed by atoms with Crippen molar-refractivity contribution in [2.75, 3.05) is 11.9 Å². The first-order valence-electron chi connectivity index (χ1n) is 6.41. The van der Waals surface area contributed by atoms with Crippen LogP contribution >= 0.6 is 0 Å². The summed E-state index contributed by atoms with van der Waals surface area (Å²) in [7, 11) is 0. The van der Waals surface area contributed by atoms with Crippen LogP contribution in [-0.4, -0.2) is 29.4 Å². The van der Waals surface area contributed by atoms with Crippen LogP contribution in [0.3, 0.4) is 0 Å². The van der Waals surface area contributed by atoms with Crippen molar-refractivity contribution in [3.63, 3.8) is 0 Å². The second-order valence-corrected chi connectivity index (χ2v) is 4.66. The van der Waals surface area contributed by atoms with Gasteiger partial charge >= 0.3 is 0 Å². The van der Waals surface area contributed by atoms with Gasteiger partial charge in [-0.05, 0) is 30.7 Å². The Balaban J connectivity index is 1.82. The van der Waals surface area contributed by atoms with Crippen molar-refractivity contribution in [2.24, 2.45) is 0 Å². The van der Waals surface area contributed by atoms with Crippen LogP contribution in [0.25, 0.3) is 10.9 Å². The third-order valence-electron chi connectivity index (χ3n) is 3.36. The highest BCUT2D eigenvalue weighted by Gasteiger charge is 2.28. The summed E-state index contributed by atoms with van der Waals surface area (Å²) < 4.78 is 0. The number of hydrogen-bond acceptors (Lipinski definition) is 4. The number of fused-ring (bicyclic) bond motifs is 1. The molecule has 0 bridgehead atoms. The smallest absolute Gasteiger partial charge is 0.246 e. The predicted octanol–water partition coefficient (Wildman–Crippen LogP) is 1.29. The van der Waals surface area contributed by atoms with Gasteiger partial charge in [0, 0.05) is 29.4 Å². The average Bonchev–Trinajstić information content (AvgIpc) is 2.95. The summed E-state index contributed by atoms with van der Waals surface area (Å²) in [6, 6.07) is 8.72. The first-order chi connectivity index (χ1) is 9.78. The predicted molar refractivity (Wildman–Crippen MR) is 76.0 cm³/mol. The molecule has 2 N–H and O–H groups in total. The summed E-state index contributed by atoms with van der Waals surface area (Å²) in [5.41, 5.74) is 2.04. The molecule has 1 atom stereocenters. The van der Waals surface area contributed by atoms with Crippen LogP contribution in [-0.2, 0) is 9.59 Å². The third kappa shape index (κ3) is 2.32. The van der Waals surface area contributed by atoms with Crippen LogP contribution in [0.4, 0.5) is 5.69 Å². The van der Waals surface area contributed by atoms with E-state index in [0.29, 0.717) is 24.2 Å². The van der Waals surface area contributed by atoms with Crippen LogP contribution in [0, 0.1) is 0 Å². The largest absolute Gasteiger partial charge is 0.324 e. The molecular formula is C15H13N3O2. The molecule has 1 aliphatic rings. The van der Waals surface area contributed by atoms with Crippen LogP contribution < -0.4 is 10.6 Å². The number of rotatable bonds is 2. The lowest BCUT2D eigenvalue weighted by Crippen LogP contribution is -2.36. The number of nitrogens with zero attached hydrogens (tertiary/aromatic N) is 1. The summed E-state index contributed by atoms with van der Waals surface area (Å²) in [5.74, 6) is 1.61. The number of pyridine rings is 1. The van der Waals surface area contributed by atoms with Crippen LogP contribution in [0.2, 0.25) is 0 Å². The lowest BCUT2D eigenvalue weighted by atomic mass is 10.1. The Morgan fingerprint density at radius 1 is 1.40 bits per heavy atom. The van der Waals surface area contributed by atoms with Gasteiger partial charge in [-0.15, -0.1) is 0 Å². The van der Waals surface area contributed by atoms with E-state index in [4.69, 9.17) is 0 Å². The first-order valence-corrected chi connectivity index (χ1v) is 6.41. The Kier molecular flexibility index (Phi) is 3.29. The van der Waals surface area contributed by atoms with Gasteiger partial charge in [0.1, 0.15) is 12.0 Å². The van der Waals surface area contributed by atoms with E-state index in [-0.39, 0.29) is 5.91 Å². The highest BCUT2D eigenvalue weighted by atomic mass is 16.2. The SMILES string of the molecule is O=C=C1CCNC1C(=O)Nc1ccc2ncccc2c1. The van der Waals surface area contributed by atoms with Gasteiger partial charge in [0.15, 0.2) is 0 Å². The summed E-state index contributed by atoms with van der Waals surface area (Å²) >= 11 is 0. The maximum absolute atomic E-state index is 12.1. The van der Waals surface area contributed by atoms with Gasteiger partial charge in [-0.3, -0.25) is 9.78 Å². The third-order valence-corrected chi connectivity index (χ3v) is 3.36. The molecule has 1 unspecified atom stereocenters. The Bertz CT molecular complexity index is 720. The molecular weight excluding hydrogens is 254 g/mol. The van der Waals surface area contributed by atoms with E-state index >= 15 is 0 Å². The van der Waals surface area contributed by atoms with E-state index in [1.165, 1.54) is 0 Å². The van der Waals surface area contributed by atoms with E-state index in [2.05, 4.69) is 15.6 Å². The normalized spacial score (nSPS) is 18.0. The van der Waals surface area contributed by atoms with Crippen molar-refractivity contribution in [2.45, 2.75) is 12.5 Å². The molecule has 1 fully saturated rings. The van der Waals surface area contributed by atoms with Crippen LogP contribution in [0.15, 0.2) is 42.1 Å². The molecule has 0 radical (unpaired) electrons. The molecule has 5 heteroatoms. The number of aromatic nitrogens is 1. The Morgan fingerprint density at radius 3 is 3.15 bits per heavy atom. The fraction of sp³-hybridized carbons (Fsp3) is 0.200. The van der Waals surface area contributed by atoms with E-state index in [0.717, 1.165) is 10.9 Å². The minimum absolute atomic E-state index is 0.232. The van der Waals surface area contributed by atoms with Crippen LogP contribution in [0.1, 0.15) is 6.42 Å². The van der Waals surface area contributed by atoms with Gasteiger partial charge in [0.25, 0.3) is 0 Å². The van der Waals surface area contributed by atoms with Crippen molar-refractivity contribution < 1.29 is 9.59 Å². The molecule has 0 spiro atoms. The lowest BCUT2D eigenvalue weighted by molar-refractivity contribution is -0.117.